The van der Waals surface area contributed by atoms with E-state index in [-0.39, 0.29) is 30.9 Å². The van der Waals surface area contributed by atoms with Crippen molar-refractivity contribution in [2.75, 3.05) is 37.3 Å². The van der Waals surface area contributed by atoms with Crippen LogP contribution in [0.25, 0.3) is 0 Å². The quantitative estimate of drug-likeness (QED) is 0.587. The van der Waals surface area contributed by atoms with Crippen LogP contribution < -0.4 is 16.0 Å². The molecule has 2 aromatic carbocycles. The molecule has 0 saturated carbocycles. The van der Waals surface area contributed by atoms with Crippen molar-refractivity contribution in [2.45, 2.75) is 38.6 Å². The lowest BCUT2D eigenvalue weighted by atomic mass is 10.2. The number of benzene rings is 2. The highest BCUT2D eigenvalue weighted by molar-refractivity contribution is 5.92. The summed E-state index contributed by atoms with van der Waals surface area (Å²) in [7, 11) is 1.72. The molecular formula is C25H33N5O3. The van der Waals surface area contributed by atoms with E-state index >= 15 is 0 Å². The maximum Gasteiger partial charge on any atom is 0.321 e. The molecule has 0 spiro atoms. The average Bonchev–Trinajstić information content (AvgIpc) is 3.11. The molecule has 5 amide bonds. The average molecular weight is 452 g/mol. The minimum atomic E-state index is -0.226. The molecule has 1 aliphatic rings. The van der Waals surface area contributed by atoms with Crippen LogP contribution in [-0.2, 0) is 11.3 Å². The van der Waals surface area contributed by atoms with Crippen molar-refractivity contribution in [2.24, 2.45) is 0 Å². The van der Waals surface area contributed by atoms with Crippen molar-refractivity contribution in [3.63, 3.8) is 0 Å². The standard InChI is InChI=1S/C25H33N5O3/c1-29(19-20-9-5-4-6-10-20)24(32)26-16-15-23(31)27-21-11-13-22(14-12-21)28-25(33)30-17-7-2-3-8-18-30/h4-6,9-14H,2-3,7-8,15-19H2,1H3,(H,26,32)(H,27,31)(H,28,33). The van der Waals surface area contributed by atoms with Crippen LogP contribution in [0.15, 0.2) is 54.6 Å². The largest absolute Gasteiger partial charge is 0.337 e. The van der Waals surface area contributed by atoms with Crippen LogP contribution in [0.3, 0.4) is 0 Å². The van der Waals surface area contributed by atoms with Gasteiger partial charge < -0.3 is 25.8 Å². The van der Waals surface area contributed by atoms with E-state index in [0.29, 0.717) is 17.9 Å². The van der Waals surface area contributed by atoms with Crippen LogP contribution in [0, 0.1) is 0 Å². The van der Waals surface area contributed by atoms with Gasteiger partial charge in [-0.2, -0.15) is 0 Å². The molecule has 1 heterocycles. The van der Waals surface area contributed by atoms with Crippen LogP contribution in [0.4, 0.5) is 21.0 Å². The van der Waals surface area contributed by atoms with Gasteiger partial charge in [0, 0.05) is 51.0 Å². The van der Waals surface area contributed by atoms with E-state index in [2.05, 4.69) is 16.0 Å². The van der Waals surface area contributed by atoms with Crippen LogP contribution >= 0.6 is 0 Å². The Kier molecular flexibility index (Phi) is 9.11. The molecule has 0 aromatic heterocycles. The Labute approximate surface area is 195 Å². The van der Waals surface area contributed by atoms with Gasteiger partial charge in [0.2, 0.25) is 5.91 Å². The Balaban J connectivity index is 1.36. The van der Waals surface area contributed by atoms with Crippen LogP contribution in [0.5, 0.6) is 0 Å². The first-order chi connectivity index (χ1) is 16.0. The molecule has 1 fully saturated rings. The van der Waals surface area contributed by atoms with E-state index < -0.39 is 0 Å². The highest BCUT2D eigenvalue weighted by atomic mass is 16.2. The van der Waals surface area contributed by atoms with Gasteiger partial charge in [0.1, 0.15) is 0 Å². The Morgan fingerprint density at radius 2 is 1.45 bits per heavy atom. The predicted octanol–water partition coefficient (Wildman–Crippen LogP) is 4.26. The highest BCUT2D eigenvalue weighted by Gasteiger charge is 2.15. The number of carbonyl (C=O) groups is 3. The number of anilines is 2. The molecule has 1 aliphatic heterocycles. The number of nitrogens with one attached hydrogen (secondary N) is 3. The molecule has 8 heteroatoms. The van der Waals surface area contributed by atoms with Crippen molar-refractivity contribution in [1.82, 2.24) is 15.1 Å². The summed E-state index contributed by atoms with van der Waals surface area (Å²) in [5.41, 5.74) is 2.37. The molecule has 176 valence electrons. The topological polar surface area (TPSA) is 93.8 Å². The first-order valence-electron chi connectivity index (χ1n) is 11.5. The lowest BCUT2D eigenvalue weighted by molar-refractivity contribution is -0.116. The lowest BCUT2D eigenvalue weighted by Crippen LogP contribution is -2.38. The summed E-state index contributed by atoms with van der Waals surface area (Å²) in [5.74, 6) is -0.192. The van der Waals surface area contributed by atoms with E-state index in [0.717, 1.165) is 31.5 Å². The zero-order valence-electron chi connectivity index (χ0n) is 19.2. The molecule has 8 nitrogen and oxygen atoms in total. The van der Waals surface area contributed by atoms with Crippen molar-refractivity contribution in [3.05, 3.63) is 60.2 Å². The molecule has 2 aromatic rings. The number of urea groups is 2. The molecule has 3 N–H and O–H groups in total. The Bertz CT molecular complexity index is 909. The predicted molar refractivity (Wildman–Crippen MR) is 130 cm³/mol. The van der Waals surface area contributed by atoms with Gasteiger partial charge in [0.25, 0.3) is 0 Å². The van der Waals surface area contributed by atoms with Gasteiger partial charge in [0.05, 0.1) is 0 Å². The minimum Gasteiger partial charge on any atom is -0.337 e. The number of hydrogen-bond donors (Lipinski definition) is 3. The van der Waals surface area contributed by atoms with Crippen molar-refractivity contribution < 1.29 is 14.4 Å². The van der Waals surface area contributed by atoms with E-state index in [1.807, 2.05) is 35.2 Å². The van der Waals surface area contributed by atoms with Gasteiger partial charge >= 0.3 is 12.1 Å². The maximum atomic E-state index is 12.4. The molecule has 0 radical (unpaired) electrons. The Morgan fingerprint density at radius 3 is 2.09 bits per heavy atom. The van der Waals surface area contributed by atoms with Gasteiger partial charge in [-0.15, -0.1) is 0 Å². The number of nitrogens with zero attached hydrogens (tertiary/aromatic N) is 2. The third kappa shape index (κ3) is 8.14. The summed E-state index contributed by atoms with van der Waals surface area (Å²) in [5, 5.41) is 8.49. The van der Waals surface area contributed by atoms with E-state index in [4.69, 9.17) is 0 Å². The monoisotopic (exact) mass is 451 g/mol. The van der Waals surface area contributed by atoms with Gasteiger partial charge in [-0.25, -0.2) is 9.59 Å². The molecule has 0 aliphatic carbocycles. The van der Waals surface area contributed by atoms with Gasteiger partial charge in [-0.3, -0.25) is 4.79 Å². The molecule has 0 bridgehead atoms. The summed E-state index contributed by atoms with van der Waals surface area (Å²) in [6.45, 7) is 2.32. The number of amides is 5. The molecule has 0 atom stereocenters. The van der Waals surface area contributed by atoms with Gasteiger partial charge in [0.15, 0.2) is 0 Å². The number of likely N-dealkylation sites (tertiary alicyclic amines) is 1. The fourth-order valence-electron chi connectivity index (χ4n) is 3.68. The fourth-order valence-corrected chi connectivity index (χ4v) is 3.68. The molecule has 3 rings (SSSR count). The summed E-state index contributed by atoms with van der Waals surface area (Å²) >= 11 is 0. The number of rotatable bonds is 7. The van der Waals surface area contributed by atoms with E-state index in [1.165, 1.54) is 12.8 Å². The summed E-state index contributed by atoms with van der Waals surface area (Å²) in [6, 6.07) is 16.5. The third-order valence-corrected chi connectivity index (χ3v) is 5.55. The van der Waals surface area contributed by atoms with Crippen LogP contribution in [-0.4, -0.2) is 54.5 Å². The Hall–Kier alpha value is -3.55. The molecule has 0 unspecified atom stereocenters. The van der Waals surface area contributed by atoms with E-state index in [9.17, 15) is 14.4 Å². The molecule has 33 heavy (non-hydrogen) atoms. The SMILES string of the molecule is CN(Cc1ccccc1)C(=O)NCCC(=O)Nc1ccc(NC(=O)N2CCCCCC2)cc1. The highest BCUT2D eigenvalue weighted by Crippen LogP contribution is 2.16. The molecular weight excluding hydrogens is 418 g/mol. The normalized spacial score (nSPS) is 13.5. The first-order valence-corrected chi connectivity index (χ1v) is 11.5. The number of hydrogen-bond acceptors (Lipinski definition) is 3. The maximum absolute atomic E-state index is 12.4. The fraction of sp³-hybridized carbons (Fsp3) is 0.400. The minimum absolute atomic E-state index is 0.0818. The van der Waals surface area contributed by atoms with Crippen molar-refractivity contribution in [3.8, 4) is 0 Å². The third-order valence-electron chi connectivity index (χ3n) is 5.55. The zero-order chi connectivity index (χ0) is 23.5. The van der Waals surface area contributed by atoms with Gasteiger partial charge in [-0.1, -0.05) is 43.2 Å². The summed E-state index contributed by atoms with van der Waals surface area (Å²) in [6.07, 6.45) is 4.60. The van der Waals surface area contributed by atoms with Gasteiger partial charge in [-0.05, 0) is 42.7 Å². The molecule has 1 saturated heterocycles. The van der Waals surface area contributed by atoms with Crippen molar-refractivity contribution in [1.29, 1.82) is 0 Å². The smallest absolute Gasteiger partial charge is 0.321 e. The second kappa shape index (κ2) is 12.5. The second-order valence-corrected chi connectivity index (χ2v) is 8.28. The lowest BCUT2D eigenvalue weighted by Gasteiger charge is -2.20. The van der Waals surface area contributed by atoms with Crippen LogP contribution in [0.1, 0.15) is 37.7 Å². The number of carbonyl (C=O) groups excluding carboxylic acids is 3. The van der Waals surface area contributed by atoms with E-state index in [1.54, 1.807) is 36.2 Å². The zero-order valence-corrected chi connectivity index (χ0v) is 19.2. The summed E-state index contributed by atoms with van der Waals surface area (Å²) < 4.78 is 0. The first kappa shape index (κ1) is 24.1. The Morgan fingerprint density at radius 1 is 0.848 bits per heavy atom. The summed E-state index contributed by atoms with van der Waals surface area (Å²) in [4.78, 5) is 40.2. The van der Waals surface area contributed by atoms with Crippen molar-refractivity contribution >= 4 is 29.3 Å². The second-order valence-electron chi connectivity index (χ2n) is 8.28. The van der Waals surface area contributed by atoms with Crippen LogP contribution in [0.2, 0.25) is 0 Å².